The number of para-hydroxylation sites is 4. The van der Waals surface area contributed by atoms with Crippen molar-refractivity contribution >= 4 is 87.5 Å². The summed E-state index contributed by atoms with van der Waals surface area (Å²) in [5.41, 5.74) is 18.6. The van der Waals surface area contributed by atoms with Crippen molar-refractivity contribution in [2.75, 3.05) is 0 Å². The van der Waals surface area contributed by atoms with Crippen LogP contribution >= 0.6 is 0 Å². The van der Waals surface area contributed by atoms with Gasteiger partial charge in [0.05, 0.1) is 27.6 Å². The lowest BCUT2D eigenvalue weighted by Crippen LogP contribution is -2.10. The van der Waals surface area contributed by atoms with E-state index in [0.717, 1.165) is 149 Å². The van der Waals surface area contributed by atoms with Gasteiger partial charge >= 0.3 is 0 Å². The molecule has 20 aromatic rings. The minimum atomic E-state index is 0.0386. The SMILES string of the molecule is CC(C)(C)c1ccc(-c2nc(-c3ccccc3)nc(-c3cccc(-n4c5ccccc5c5ccc(-c6cccc7oc8ccccc8c67)cc54)n3)n2)cc1.c1ccc(-c2nc(-c3ccccc3)nc(-c3cccnc3-n3c4ccccc4c4ccc(-c5cccc6oc7ccccc7c56)cc43)n2)cc1. The van der Waals surface area contributed by atoms with Crippen molar-refractivity contribution in [2.45, 2.75) is 26.2 Å². The van der Waals surface area contributed by atoms with Crippen LogP contribution in [0.15, 0.2) is 330 Å². The van der Waals surface area contributed by atoms with Crippen molar-refractivity contribution in [2.24, 2.45) is 0 Å². The van der Waals surface area contributed by atoms with Crippen LogP contribution in [-0.2, 0) is 5.41 Å². The zero-order valence-corrected chi connectivity index (χ0v) is 56.9. The maximum atomic E-state index is 6.26. The zero-order valence-electron chi connectivity index (χ0n) is 56.9. The molecule has 492 valence electrons. The summed E-state index contributed by atoms with van der Waals surface area (Å²) in [5, 5.41) is 9.01. The van der Waals surface area contributed by atoms with E-state index in [9.17, 15) is 0 Å². The Kier molecular flexibility index (Phi) is 14.8. The summed E-state index contributed by atoms with van der Waals surface area (Å²) in [6.45, 7) is 6.65. The second-order valence-corrected chi connectivity index (χ2v) is 27.0. The first-order valence-corrected chi connectivity index (χ1v) is 34.8. The molecule has 12 nitrogen and oxygen atoms in total. The quantitative estimate of drug-likeness (QED) is 0.130. The number of hydrogen-bond donors (Lipinski definition) is 0. The third-order valence-electron chi connectivity index (χ3n) is 19.6. The van der Waals surface area contributed by atoms with Gasteiger partial charge in [-0.05, 0) is 106 Å². The predicted octanol–water partition coefficient (Wildman–Crippen LogP) is 23.2. The first-order valence-electron chi connectivity index (χ1n) is 34.8. The van der Waals surface area contributed by atoms with Crippen molar-refractivity contribution in [3.63, 3.8) is 0 Å². The largest absolute Gasteiger partial charge is 0.456 e. The van der Waals surface area contributed by atoms with Gasteiger partial charge in [0, 0.05) is 71.5 Å². The Hall–Kier alpha value is -13.8. The summed E-state index contributed by atoms with van der Waals surface area (Å²) in [4.78, 5) is 40.4. The Morgan fingerprint density at radius 1 is 0.269 bits per heavy atom. The highest BCUT2D eigenvalue weighted by Crippen LogP contribution is 2.44. The highest BCUT2D eigenvalue weighted by Gasteiger charge is 2.24. The van der Waals surface area contributed by atoms with Gasteiger partial charge in [-0.2, -0.15) is 0 Å². The molecule has 0 fully saturated rings. The first kappa shape index (κ1) is 61.3. The third kappa shape index (κ3) is 10.8. The number of benzene rings is 12. The number of nitrogens with zero attached hydrogens (tertiary/aromatic N) is 10. The fraction of sp³-hybridized carbons (Fsp3) is 0.0435. The van der Waals surface area contributed by atoms with Crippen molar-refractivity contribution in [1.29, 1.82) is 0 Å². The van der Waals surface area contributed by atoms with Gasteiger partial charge in [0.2, 0.25) is 0 Å². The Labute approximate surface area is 597 Å². The number of hydrogen-bond acceptors (Lipinski definition) is 10. The number of rotatable bonds is 10. The molecule has 12 aromatic carbocycles. The Morgan fingerprint density at radius 2 is 0.663 bits per heavy atom. The molecule has 20 rings (SSSR count). The number of aromatic nitrogens is 10. The average Bonchev–Trinajstić information content (AvgIpc) is 1.58. The monoisotopic (exact) mass is 1340 g/mol. The summed E-state index contributed by atoms with van der Waals surface area (Å²) in [7, 11) is 0. The van der Waals surface area contributed by atoms with Crippen LogP contribution in [-0.4, -0.2) is 49.0 Å². The van der Waals surface area contributed by atoms with Gasteiger partial charge in [-0.15, -0.1) is 0 Å². The lowest BCUT2D eigenvalue weighted by molar-refractivity contribution is 0.590. The van der Waals surface area contributed by atoms with E-state index in [1.165, 1.54) is 5.56 Å². The fourth-order valence-corrected chi connectivity index (χ4v) is 14.6. The molecule has 0 atom stereocenters. The molecule has 0 spiro atoms. The van der Waals surface area contributed by atoms with E-state index in [4.69, 9.17) is 48.7 Å². The van der Waals surface area contributed by atoms with E-state index in [2.05, 4.69) is 194 Å². The van der Waals surface area contributed by atoms with Gasteiger partial charge < -0.3 is 8.83 Å². The van der Waals surface area contributed by atoms with Crippen LogP contribution in [0.4, 0.5) is 0 Å². The van der Waals surface area contributed by atoms with Gasteiger partial charge in [-0.1, -0.05) is 263 Å². The Bertz CT molecular complexity index is 6650. The van der Waals surface area contributed by atoms with Crippen LogP contribution < -0.4 is 0 Å². The van der Waals surface area contributed by atoms with E-state index in [0.29, 0.717) is 40.6 Å². The lowest BCUT2D eigenvalue weighted by atomic mass is 9.87. The molecule has 0 aliphatic heterocycles. The topological polar surface area (TPSA) is 139 Å². The minimum Gasteiger partial charge on any atom is -0.456 e. The standard InChI is InChI=1S/C48H35N5O.C44H27N5O/c1-48(2,3)33-26-23-31(24-27-33)46-50-45(30-13-5-4-6-14-30)51-47(52-46)38-18-12-22-43(49-38)53-39-19-9-7-15-35(39)36-28-25-32(29-40(36)53)34-17-11-21-42-44(34)37-16-8-10-20-41(37)54-42;1-3-13-28(14-4-1)41-46-42(29-15-5-2-6-16-29)48-43(47-41)35-20-12-26-45-44(35)49-36-21-9-7-17-32(36)33-25-24-30(27-37(33)49)31-19-11-23-39-40(31)34-18-8-10-22-38(34)50-39/h4-29H,1-3H3;1-27H. The van der Waals surface area contributed by atoms with Crippen LogP contribution in [0.25, 0.3) is 190 Å². The summed E-state index contributed by atoms with van der Waals surface area (Å²) in [6, 6.07) is 108. The maximum absolute atomic E-state index is 6.26. The van der Waals surface area contributed by atoms with Crippen molar-refractivity contribution in [3.8, 4) is 102 Å². The smallest absolute Gasteiger partial charge is 0.182 e. The second kappa shape index (κ2) is 25.1. The second-order valence-electron chi connectivity index (χ2n) is 27.0. The van der Waals surface area contributed by atoms with Crippen molar-refractivity contribution in [3.05, 3.63) is 327 Å². The van der Waals surface area contributed by atoms with Crippen molar-refractivity contribution in [1.82, 2.24) is 49.0 Å². The molecular formula is C92H62N10O2. The minimum absolute atomic E-state index is 0.0386. The highest BCUT2D eigenvalue weighted by molar-refractivity contribution is 6.17. The third-order valence-corrected chi connectivity index (χ3v) is 19.6. The van der Waals surface area contributed by atoms with E-state index >= 15 is 0 Å². The molecule has 0 aliphatic carbocycles. The Morgan fingerprint density at radius 3 is 1.18 bits per heavy atom. The molecule has 0 saturated heterocycles. The van der Waals surface area contributed by atoms with Crippen molar-refractivity contribution < 1.29 is 8.83 Å². The number of fused-ring (bicyclic) bond motifs is 12. The fourth-order valence-electron chi connectivity index (χ4n) is 14.6. The zero-order chi connectivity index (χ0) is 69.4. The summed E-state index contributed by atoms with van der Waals surface area (Å²) < 4.78 is 17.0. The Balaban J connectivity index is 0.000000144. The van der Waals surface area contributed by atoms with Gasteiger partial charge in [0.25, 0.3) is 0 Å². The number of pyridine rings is 2. The van der Waals surface area contributed by atoms with E-state index in [-0.39, 0.29) is 5.41 Å². The molecule has 8 aromatic heterocycles. The molecule has 0 bridgehead atoms. The number of furan rings is 2. The van der Waals surface area contributed by atoms with Crippen LogP contribution in [0.1, 0.15) is 26.3 Å². The molecule has 12 heteroatoms. The van der Waals surface area contributed by atoms with E-state index < -0.39 is 0 Å². The maximum Gasteiger partial charge on any atom is 0.182 e. The van der Waals surface area contributed by atoms with Gasteiger partial charge in [-0.3, -0.25) is 9.13 Å². The van der Waals surface area contributed by atoms with Crippen LogP contribution in [0.5, 0.6) is 0 Å². The predicted molar refractivity (Wildman–Crippen MR) is 421 cm³/mol. The lowest BCUT2D eigenvalue weighted by Gasteiger charge is -2.19. The normalized spacial score (nSPS) is 11.8. The van der Waals surface area contributed by atoms with Crippen LogP contribution in [0.2, 0.25) is 0 Å². The molecular weight excluding hydrogens is 1280 g/mol. The highest BCUT2D eigenvalue weighted by atomic mass is 16.3. The van der Waals surface area contributed by atoms with E-state index in [1.54, 1.807) is 0 Å². The molecule has 104 heavy (non-hydrogen) atoms. The van der Waals surface area contributed by atoms with Gasteiger partial charge in [0.15, 0.2) is 34.9 Å². The summed E-state index contributed by atoms with van der Waals surface area (Å²) >= 11 is 0. The summed E-state index contributed by atoms with van der Waals surface area (Å²) in [6.07, 6.45) is 1.83. The molecule has 0 saturated carbocycles. The first-order chi connectivity index (χ1) is 51.2. The molecule has 0 unspecified atom stereocenters. The molecule has 8 heterocycles. The van der Waals surface area contributed by atoms with Crippen LogP contribution in [0, 0.1) is 0 Å². The van der Waals surface area contributed by atoms with E-state index in [1.807, 2.05) is 158 Å². The van der Waals surface area contributed by atoms with Crippen LogP contribution in [0.3, 0.4) is 0 Å². The molecule has 0 aliphatic rings. The molecule has 0 radical (unpaired) electrons. The van der Waals surface area contributed by atoms with Gasteiger partial charge in [-0.25, -0.2) is 39.9 Å². The molecule has 0 N–H and O–H groups in total. The van der Waals surface area contributed by atoms with Gasteiger partial charge in [0.1, 0.15) is 39.7 Å². The average molecular weight is 1340 g/mol. The molecule has 0 amide bonds. The summed E-state index contributed by atoms with van der Waals surface area (Å²) in [5.74, 6) is 5.01.